The lowest BCUT2D eigenvalue weighted by Gasteiger charge is -2.08. The minimum atomic E-state index is 1.04. The summed E-state index contributed by atoms with van der Waals surface area (Å²) >= 11 is 4.14. The van der Waals surface area contributed by atoms with Crippen LogP contribution in [0.4, 0.5) is 0 Å². The first-order chi connectivity index (χ1) is 5.04. The molecule has 0 aromatic rings. The van der Waals surface area contributed by atoms with E-state index in [1.54, 1.807) is 0 Å². The number of rotatable bonds is 3. The average molecular weight is 175 g/mol. The Labute approximate surface area is 77.0 Å². The maximum atomic E-state index is 4.14. The van der Waals surface area contributed by atoms with Crippen molar-refractivity contribution < 1.29 is 0 Å². The molecule has 0 spiro atoms. The monoisotopic (exact) mass is 175 g/mol. The van der Waals surface area contributed by atoms with Crippen molar-refractivity contribution in [2.45, 2.75) is 34.1 Å². The van der Waals surface area contributed by atoms with Crippen molar-refractivity contribution in [2.75, 3.05) is 13.1 Å². The maximum absolute atomic E-state index is 4.14. The number of thiol groups is 1. The molecule has 0 atom stereocenters. The van der Waals surface area contributed by atoms with Gasteiger partial charge in [-0.25, -0.2) is 0 Å². The van der Waals surface area contributed by atoms with Gasteiger partial charge < -0.3 is 0 Å². The normalized spacial score (nSPS) is 8.91. The smallest absolute Gasteiger partial charge is 0.00842 e. The van der Waals surface area contributed by atoms with Crippen LogP contribution in [0.3, 0.4) is 0 Å². The molecule has 0 fully saturated rings. The standard InChI is InChI=1S/C5H13NS.C4H8/c1-3-5-6(7)4-2;1-4(2)3/h7H,3-5H2,1-2H3;1H2,2-3H3. The lowest BCUT2D eigenvalue weighted by molar-refractivity contribution is 0.500. The lowest BCUT2D eigenvalue weighted by Crippen LogP contribution is -2.11. The molecule has 11 heavy (non-hydrogen) atoms. The van der Waals surface area contributed by atoms with Gasteiger partial charge in [-0.1, -0.05) is 32.2 Å². The van der Waals surface area contributed by atoms with Gasteiger partial charge >= 0.3 is 0 Å². The van der Waals surface area contributed by atoms with Crippen LogP contribution in [-0.2, 0) is 0 Å². The largest absolute Gasteiger partial charge is 0.254 e. The number of hydrogen-bond donors (Lipinski definition) is 1. The molecule has 0 saturated heterocycles. The average Bonchev–Trinajstić information content (AvgIpc) is 1.87. The van der Waals surface area contributed by atoms with Crippen LogP contribution in [0.5, 0.6) is 0 Å². The van der Waals surface area contributed by atoms with Crippen LogP contribution in [0.25, 0.3) is 0 Å². The molecule has 2 heteroatoms. The van der Waals surface area contributed by atoms with E-state index in [9.17, 15) is 0 Å². The number of hydrogen-bond acceptors (Lipinski definition) is 2. The second-order valence-electron chi connectivity index (χ2n) is 2.75. The summed E-state index contributed by atoms with van der Waals surface area (Å²) in [6, 6.07) is 0. The molecule has 0 aliphatic carbocycles. The molecule has 0 aliphatic rings. The molecule has 0 aromatic carbocycles. The van der Waals surface area contributed by atoms with Gasteiger partial charge in [0.15, 0.2) is 0 Å². The molecule has 0 bridgehead atoms. The van der Waals surface area contributed by atoms with Gasteiger partial charge in [-0.05, 0) is 20.3 Å². The predicted molar refractivity (Wildman–Crippen MR) is 57.0 cm³/mol. The fourth-order valence-electron chi connectivity index (χ4n) is 0.416. The third kappa shape index (κ3) is 25.5. The van der Waals surface area contributed by atoms with E-state index in [-0.39, 0.29) is 0 Å². The molecule has 0 heterocycles. The van der Waals surface area contributed by atoms with Crippen molar-refractivity contribution in [1.29, 1.82) is 0 Å². The van der Waals surface area contributed by atoms with E-state index in [0.717, 1.165) is 13.1 Å². The summed E-state index contributed by atoms with van der Waals surface area (Å²) in [6.45, 7) is 13.9. The zero-order chi connectivity index (χ0) is 9.28. The van der Waals surface area contributed by atoms with Gasteiger partial charge in [-0.15, -0.1) is 6.58 Å². The Kier molecular flexibility index (Phi) is 12.5. The first-order valence-electron chi connectivity index (χ1n) is 4.10. The summed E-state index contributed by atoms with van der Waals surface area (Å²) in [5.41, 5.74) is 1.17. The van der Waals surface area contributed by atoms with Crippen molar-refractivity contribution in [1.82, 2.24) is 4.31 Å². The van der Waals surface area contributed by atoms with Gasteiger partial charge in [0.25, 0.3) is 0 Å². The molecular weight excluding hydrogens is 154 g/mol. The molecule has 0 aliphatic heterocycles. The van der Waals surface area contributed by atoms with Crippen molar-refractivity contribution in [3.8, 4) is 0 Å². The quantitative estimate of drug-likeness (QED) is 0.509. The predicted octanol–water partition coefficient (Wildman–Crippen LogP) is 3.15. The molecule has 0 N–H and O–H groups in total. The summed E-state index contributed by atoms with van der Waals surface area (Å²) in [5.74, 6) is 0. The van der Waals surface area contributed by atoms with E-state index < -0.39 is 0 Å². The Morgan fingerprint density at radius 2 is 1.73 bits per heavy atom. The highest BCUT2D eigenvalue weighted by Gasteiger charge is 1.87. The summed E-state index contributed by atoms with van der Waals surface area (Å²) in [5, 5.41) is 0. The van der Waals surface area contributed by atoms with Gasteiger partial charge in [-0.3, -0.25) is 4.31 Å². The summed E-state index contributed by atoms with van der Waals surface area (Å²) in [4.78, 5) is 0. The third-order valence-corrected chi connectivity index (χ3v) is 1.33. The van der Waals surface area contributed by atoms with Crippen LogP contribution >= 0.6 is 12.8 Å². The molecule has 0 radical (unpaired) electrons. The van der Waals surface area contributed by atoms with Gasteiger partial charge in [0, 0.05) is 13.1 Å². The molecule has 1 nitrogen and oxygen atoms in total. The van der Waals surface area contributed by atoms with Crippen LogP contribution in [0.15, 0.2) is 12.2 Å². The van der Waals surface area contributed by atoms with Crippen LogP contribution in [-0.4, -0.2) is 17.4 Å². The Morgan fingerprint density at radius 1 is 1.36 bits per heavy atom. The fourth-order valence-corrected chi connectivity index (χ4v) is 0.616. The zero-order valence-corrected chi connectivity index (χ0v) is 9.12. The van der Waals surface area contributed by atoms with Crippen LogP contribution in [0.1, 0.15) is 34.1 Å². The Hall–Kier alpha value is 0.0500. The summed E-state index contributed by atoms with van der Waals surface area (Å²) < 4.78 is 2.00. The Balaban J connectivity index is 0. The molecule has 0 unspecified atom stereocenters. The first-order valence-corrected chi connectivity index (χ1v) is 4.50. The van der Waals surface area contributed by atoms with E-state index in [1.165, 1.54) is 12.0 Å². The van der Waals surface area contributed by atoms with Crippen molar-refractivity contribution >= 4 is 12.8 Å². The number of nitrogens with zero attached hydrogens (tertiary/aromatic N) is 1. The van der Waals surface area contributed by atoms with Crippen LogP contribution in [0.2, 0.25) is 0 Å². The van der Waals surface area contributed by atoms with E-state index in [4.69, 9.17) is 0 Å². The lowest BCUT2D eigenvalue weighted by atomic mass is 10.4. The highest BCUT2D eigenvalue weighted by molar-refractivity contribution is 7.77. The third-order valence-electron chi connectivity index (χ3n) is 0.847. The Bertz CT molecular complexity index is 87.6. The van der Waals surface area contributed by atoms with E-state index >= 15 is 0 Å². The van der Waals surface area contributed by atoms with Gasteiger partial charge in [-0.2, -0.15) is 0 Å². The van der Waals surface area contributed by atoms with Gasteiger partial charge in [0.1, 0.15) is 0 Å². The number of allylic oxidation sites excluding steroid dienone is 1. The van der Waals surface area contributed by atoms with E-state index in [1.807, 2.05) is 18.2 Å². The van der Waals surface area contributed by atoms with Crippen molar-refractivity contribution in [2.24, 2.45) is 0 Å². The van der Waals surface area contributed by atoms with Crippen molar-refractivity contribution in [3.63, 3.8) is 0 Å². The Morgan fingerprint density at radius 3 is 1.82 bits per heavy atom. The van der Waals surface area contributed by atoms with Gasteiger partial charge in [0.05, 0.1) is 0 Å². The zero-order valence-electron chi connectivity index (χ0n) is 8.22. The fraction of sp³-hybridized carbons (Fsp3) is 0.778. The minimum Gasteiger partial charge on any atom is -0.254 e. The molecule has 0 aromatic heterocycles. The van der Waals surface area contributed by atoms with Crippen LogP contribution < -0.4 is 0 Å². The highest BCUT2D eigenvalue weighted by Crippen LogP contribution is 1.91. The first kappa shape index (κ1) is 13.6. The summed E-state index contributed by atoms with van der Waals surface area (Å²) in [7, 11) is 0. The molecule has 0 amide bonds. The molecule has 0 rings (SSSR count). The topological polar surface area (TPSA) is 3.24 Å². The highest BCUT2D eigenvalue weighted by atomic mass is 32.1. The molecule has 0 saturated carbocycles. The van der Waals surface area contributed by atoms with Crippen LogP contribution in [0, 0.1) is 0 Å². The van der Waals surface area contributed by atoms with Crippen molar-refractivity contribution in [3.05, 3.63) is 12.2 Å². The van der Waals surface area contributed by atoms with Gasteiger partial charge in [0.2, 0.25) is 0 Å². The second-order valence-corrected chi connectivity index (χ2v) is 3.32. The second kappa shape index (κ2) is 10.0. The van der Waals surface area contributed by atoms with E-state index in [2.05, 4.69) is 33.2 Å². The van der Waals surface area contributed by atoms with E-state index in [0.29, 0.717) is 0 Å². The minimum absolute atomic E-state index is 1.04. The summed E-state index contributed by atoms with van der Waals surface area (Å²) in [6.07, 6.45) is 1.19. The molecular formula is C9H21NS. The maximum Gasteiger partial charge on any atom is 0.00842 e. The molecule has 68 valence electrons. The SMILES string of the molecule is C=C(C)C.CCCN(S)CC.